The van der Waals surface area contributed by atoms with Crippen LogP contribution in [-0.2, 0) is 39.9 Å². The predicted molar refractivity (Wildman–Crippen MR) is 261 cm³/mol. The van der Waals surface area contributed by atoms with Crippen LogP contribution in [0.15, 0.2) is 91.0 Å². The van der Waals surface area contributed by atoms with Crippen LogP contribution >= 0.6 is 11.6 Å². The highest BCUT2D eigenvalue weighted by molar-refractivity contribution is 6.18. The second-order valence-corrected chi connectivity index (χ2v) is 17.2. The van der Waals surface area contributed by atoms with E-state index in [1.807, 2.05) is 65.6 Å². The van der Waals surface area contributed by atoms with Crippen LogP contribution in [0.3, 0.4) is 0 Å². The third kappa shape index (κ3) is 14.5. The number of ether oxygens (including phenoxy) is 5. The van der Waals surface area contributed by atoms with Crippen molar-refractivity contribution in [2.75, 3.05) is 110 Å². The molecular formula is C52H62ClN5O11. The summed E-state index contributed by atoms with van der Waals surface area (Å²) in [5, 5.41) is 25.5. The molecule has 4 N–H and O–H groups in total. The van der Waals surface area contributed by atoms with E-state index < -0.39 is 11.9 Å². The Balaban J connectivity index is 0.696. The molecule has 69 heavy (non-hydrogen) atoms. The third-order valence-electron chi connectivity index (χ3n) is 12.3. The summed E-state index contributed by atoms with van der Waals surface area (Å²) in [6.45, 7) is 8.15. The van der Waals surface area contributed by atoms with Gasteiger partial charge in [-0.25, -0.2) is 0 Å². The number of hydrogen-bond donors (Lipinski definition) is 4. The summed E-state index contributed by atoms with van der Waals surface area (Å²) in [7, 11) is 0. The first-order valence-electron chi connectivity index (χ1n) is 23.6. The highest BCUT2D eigenvalue weighted by Gasteiger charge is 2.40. The molecule has 17 heteroatoms. The number of imide groups is 1. The van der Waals surface area contributed by atoms with Gasteiger partial charge in [-0.2, -0.15) is 0 Å². The van der Waals surface area contributed by atoms with Crippen molar-refractivity contribution in [3.05, 3.63) is 119 Å². The van der Waals surface area contributed by atoms with Crippen molar-refractivity contribution < 1.29 is 53.1 Å². The molecule has 368 valence electrons. The summed E-state index contributed by atoms with van der Waals surface area (Å²) >= 11 is 6.29. The second-order valence-electron chi connectivity index (χ2n) is 16.8. The Morgan fingerprint density at radius 2 is 1.29 bits per heavy atom. The van der Waals surface area contributed by atoms with Gasteiger partial charge < -0.3 is 49.0 Å². The van der Waals surface area contributed by atoms with Crippen molar-refractivity contribution in [1.29, 1.82) is 0 Å². The van der Waals surface area contributed by atoms with E-state index in [0.717, 1.165) is 64.5 Å². The summed E-state index contributed by atoms with van der Waals surface area (Å²) in [6, 6.07) is 27.0. The van der Waals surface area contributed by atoms with Crippen molar-refractivity contribution >= 4 is 52.1 Å². The van der Waals surface area contributed by atoms with Crippen LogP contribution in [0.25, 0.3) is 11.1 Å². The molecule has 4 aromatic rings. The number of nitrogens with zero attached hydrogens (tertiary/aromatic N) is 3. The number of piperidine rings is 1. The van der Waals surface area contributed by atoms with Crippen molar-refractivity contribution in [3.8, 4) is 17.2 Å². The van der Waals surface area contributed by atoms with Gasteiger partial charge in [-0.3, -0.25) is 29.4 Å². The average Bonchev–Trinajstić information content (AvgIpc) is 3.69. The quantitative estimate of drug-likeness (QED) is 0.0266. The topological polar surface area (TPSA) is 189 Å². The summed E-state index contributed by atoms with van der Waals surface area (Å²) in [4.78, 5) is 55.5. The van der Waals surface area contributed by atoms with Crippen LogP contribution in [0.5, 0.6) is 17.2 Å². The Kier molecular flexibility index (Phi) is 19.2. The number of hydrogen-bond acceptors (Lipinski definition) is 13. The lowest BCUT2D eigenvalue weighted by atomic mass is 9.88. The van der Waals surface area contributed by atoms with Gasteiger partial charge in [0, 0.05) is 74.9 Å². The monoisotopic (exact) mass is 967 g/mol. The number of aromatic hydroxyl groups is 2. The van der Waals surface area contributed by atoms with Crippen LogP contribution in [0, 0.1) is 0 Å². The number of fused-ring (bicyclic) bond motifs is 1. The number of rotatable bonds is 26. The smallest absolute Gasteiger partial charge is 0.255 e. The highest BCUT2D eigenvalue weighted by atomic mass is 35.5. The van der Waals surface area contributed by atoms with Crippen LogP contribution < -0.4 is 15.4 Å². The molecule has 0 radical (unpaired) electrons. The van der Waals surface area contributed by atoms with Gasteiger partial charge in [0.25, 0.3) is 5.91 Å². The van der Waals surface area contributed by atoms with Gasteiger partial charge in [0.2, 0.25) is 17.7 Å². The number of nitrogens with one attached hydrogen (secondary N) is 2. The first kappa shape index (κ1) is 50.9. The fourth-order valence-corrected chi connectivity index (χ4v) is 8.82. The normalized spacial score (nSPS) is 16.6. The number of carbonyl (C=O) groups excluding carboxylic acids is 4. The van der Waals surface area contributed by atoms with E-state index in [2.05, 4.69) is 15.5 Å². The number of anilines is 1. The zero-order valence-electron chi connectivity index (χ0n) is 38.9. The largest absolute Gasteiger partial charge is 0.508 e. The van der Waals surface area contributed by atoms with Crippen LogP contribution in [0.2, 0.25) is 0 Å². The van der Waals surface area contributed by atoms with Gasteiger partial charge in [0.05, 0.1) is 59.3 Å². The van der Waals surface area contributed by atoms with E-state index >= 15 is 0 Å². The predicted octanol–water partition coefficient (Wildman–Crippen LogP) is 5.54. The fraction of sp³-hybridized carbons (Fsp3) is 0.423. The Labute approximate surface area is 408 Å². The van der Waals surface area contributed by atoms with Crippen molar-refractivity contribution in [2.45, 2.75) is 38.3 Å². The van der Waals surface area contributed by atoms with Crippen LogP contribution in [0.4, 0.5) is 5.69 Å². The van der Waals surface area contributed by atoms with Crippen LogP contribution in [-0.4, -0.2) is 159 Å². The van der Waals surface area contributed by atoms with Gasteiger partial charge in [0.15, 0.2) is 0 Å². The van der Waals surface area contributed by atoms with E-state index in [0.29, 0.717) is 116 Å². The van der Waals surface area contributed by atoms with Gasteiger partial charge >= 0.3 is 0 Å². The summed E-state index contributed by atoms with van der Waals surface area (Å²) in [5.74, 6) is 0.677. The molecule has 16 nitrogen and oxygen atoms in total. The Morgan fingerprint density at radius 1 is 0.696 bits per heavy atom. The first-order chi connectivity index (χ1) is 33.7. The number of phenolic OH excluding ortho intramolecular Hbond substituents is 2. The molecule has 3 aliphatic heterocycles. The van der Waals surface area contributed by atoms with Gasteiger partial charge in [0.1, 0.15) is 29.9 Å². The van der Waals surface area contributed by atoms with Crippen molar-refractivity contribution in [2.24, 2.45) is 0 Å². The fourth-order valence-electron chi connectivity index (χ4n) is 8.63. The lowest BCUT2D eigenvalue weighted by Gasteiger charge is -2.34. The highest BCUT2D eigenvalue weighted by Crippen LogP contribution is 2.37. The maximum absolute atomic E-state index is 13.0. The second kappa shape index (κ2) is 26.1. The summed E-state index contributed by atoms with van der Waals surface area (Å²) in [5.41, 5.74) is 7.09. The SMILES string of the molecule is O=C1CCC(N2Cc3c(NCCOCCOCCOCCOCCC(=O)N4CCN(CCOc5ccc(C(=C(CCCl)c6ccc(O)cc6)c6ccc(O)cc6)cc5)CC4)cccc3C2=O)C(=O)N1. The lowest BCUT2D eigenvalue weighted by Crippen LogP contribution is -2.52. The van der Waals surface area contributed by atoms with Crippen molar-refractivity contribution in [3.63, 3.8) is 0 Å². The average molecular weight is 969 g/mol. The Bertz CT molecular complexity index is 2360. The lowest BCUT2D eigenvalue weighted by molar-refractivity contribution is -0.137. The van der Waals surface area contributed by atoms with E-state index in [9.17, 15) is 29.4 Å². The molecular weight excluding hydrogens is 906 g/mol. The number of benzene rings is 4. The maximum atomic E-state index is 13.0. The number of halogens is 1. The minimum Gasteiger partial charge on any atom is -0.508 e. The minimum absolute atomic E-state index is 0.0806. The standard InChI is InChI=1S/C52H62ClN5O11/c53-20-18-43(37-4-10-40(59)11-5-37)50(38-6-12-41(60)13-7-38)39-8-14-42(15-9-39)69-29-26-56-22-24-57(25-23-56)49(62)19-27-65-30-32-67-34-35-68-33-31-66-28-21-54-46-3-1-2-44-45(46)36-58(52(44)64)47-16-17-48(61)55-51(47)63/h1-15,47,54,59-60H,16-36H2,(H,55,61,63). The van der Waals surface area contributed by atoms with E-state index in [1.54, 1.807) is 30.3 Å². The Hall–Kier alpha value is -6.01. The van der Waals surface area contributed by atoms with Crippen molar-refractivity contribution in [1.82, 2.24) is 20.0 Å². The zero-order valence-corrected chi connectivity index (χ0v) is 39.6. The molecule has 3 heterocycles. The molecule has 7 rings (SSSR count). The molecule has 2 fully saturated rings. The molecule has 0 spiro atoms. The number of carbonyl (C=O) groups is 4. The number of phenols is 2. The molecule has 4 aromatic carbocycles. The number of alkyl halides is 1. The van der Waals surface area contributed by atoms with E-state index in [-0.39, 0.29) is 35.6 Å². The van der Waals surface area contributed by atoms with E-state index in [1.165, 1.54) is 4.90 Å². The zero-order chi connectivity index (χ0) is 48.4. The van der Waals surface area contributed by atoms with Gasteiger partial charge in [-0.15, -0.1) is 11.6 Å². The number of piperazine rings is 1. The number of amides is 4. The minimum atomic E-state index is -0.653. The molecule has 2 saturated heterocycles. The maximum Gasteiger partial charge on any atom is 0.255 e. The van der Waals surface area contributed by atoms with Gasteiger partial charge in [-0.05, 0) is 89.2 Å². The third-order valence-corrected chi connectivity index (χ3v) is 12.5. The summed E-state index contributed by atoms with van der Waals surface area (Å²) in [6.07, 6.45) is 1.46. The molecule has 3 aliphatic rings. The molecule has 1 atom stereocenters. The molecule has 0 aliphatic carbocycles. The molecule has 1 unspecified atom stereocenters. The Morgan fingerprint density at radius 3 is 1.91 bits per heavy atom. The molecule has 4 amide bonds. The molecule has 0 bridgehead atoms. The molecule has 0 saturated carbocycles. The number of allylic oxidation sites excluding steroid dienone is 1. The summed E-state index contributed by atoms with van der Waals surface area (Å²) < 4.78 is 28.7. The molecule has 0 aromatic heterocycles. The van der Waals surface area contributed by atoms with Gasteiger partial charge in [-0.1, -0.05) is 42.5 Å². The van der Waals surface area contributed by atoms with Crippen LogP contribution in [0.1, 0.15) is 58.3 Å². The first-order valence-corrected chi connectivity index (χ1v) is 24.1. The van der Waals surface area contributed by atoms with E-state index in [4.69, 9.17) is 35.3 Å².